The second-order valence-electron chi connectivity index (χ2n) is 8.81. The summed E-state index contributed by atoms with van der Waals surface area (Å²) in [5.41, 5.74) is 1.62. The summed E-state index contributed by atoms with van der Waals surface area (Å²) < 4.78 is 10.6. The van der Waals surface area contributed by atoms with Crippen molar-refractivity contribution in [1.29, 1.82) is 0 Å². The minimum Gasteiger partial charge on any atom is -0.466 e. The minimum atomic E-state index is -0.872. The van der Waals surface area contributed by atoms with Crippen LogP contribution in [-0.2, 0) is 23.9 Å². The molecule has 2 aliphatic rings. The normalized spacial score (nSPS) is 18.5. The Balaban J connectivity index is 1.44. The third-order valence-corrected chi connectivity index (χ3v) is 6.56. The molecule has 2 fully saturated rings. The minimum absolute atomic E-state index is 0.0188. The molecule has 1 aromatic rings. The fraction of sp³-hybridized carbons (Fsp3) is 0.600. The van der Waals surface area contributed by atoms with Crippen LogP contribution in [-0.4, -0.2) is 72.4 Å². The standard InChI is InChI=1S/C25H34N2O6/c1-4-32-24(30)19-9-13-26(14-10-19)22(28)18(3)33-25(31)20-11-15-27(16-12-20)23(29)21-8-6-5-7-17(21)2/h5-8,18-20H,4,9-16H2,1-3H3/t18-/m0/s1. The van der Waals surface area contributed by atoms with Gasteiger partial charge in [0.15, 0.2) is 6.10 Å². The van der Waals surface area contributed by atoms with Gasteiger partial charge < -0.3 is 19.3 Å². The fourth-order valence-electron chi connectivity index (χ4n) is 4.48. The second kappa shape index (κ2) is 11.3. The van der Waals surface area contributed by atoms with E-state index in [0.29, 0.717) is 64.0 Å². The van der Waals surface area contributed by atoms with Gasteiger partial charge in [0, 0.05) is 31.7 Å². The summed E-state index contributed by atoms with van der Waals surface area (Å²) in [6.07, 6.45) is 1.27. The molecule has 2 aliphatic heterocycles. The maximum absolute atomic E-state index is 12.8. The van der Waals surface area contributed by atoms with Crippen LogP contribution in [0.2, 0.25) is 0 Å². The Hall–Kier alpha value is -2.90. The van der Waals surface area contributed by atoms with Crippen molar-refractivity contribution in [3.05, 3.63) is 35.4 Å². The van der Waals surface area contributed by atoms with E-state index in [0.717, 1.165) is 5.56 Å². The maximum Gasteiger partial charge on any atom is 0.309 e. The number of aryl methyl sites for hydroxylation is 1. The van der Waals surface area contributed by atoms with E-state index in [9.17, 15) is 19.2 Å². The fourth-order valence-corrected chi connectivity index (χ4v) is 4.48. The van der Waals surface area contributed by atoms with Crippen LogP contribution in [0.5, 0.6) is 0 Å². The molecule has 33 heavy (non-hydrogen) atoms. The predicted octanol–water partition coefficient (Wildman–Crippen LogP) is 2.58. The van der Waals surface area contributed by atoms with Gasteiger partial charge in [0.2, 0.25) is 0 Å². The third-order valence-electron chi connectivity index (χ3n) is 6.56. The molecule has 0 bridgehead atoms. The van der Waals surface area contributed by atoms with Crippen molar-refractivity contribution in [2.24, 2.45) is 11.8 Å². The first-order valence-corrected chi connectivity index (χ1v) is 11.8. The molecule has 8 nitrogen and oxygen atoms in total. The maximum atomic E-state index is 12.8. The molecule has 1 atom stereocenters. The van der Waals surface area contributed by atoms with Gasteiger partial charge in [0.1, 0.15) is 0 Å². The Morgan fingerprint density at radius 3 is 2.03 bits per heavy atom. The molecule has 0 radical (unpaired) electrons. The number of amides is 2. The Morgan fingerprint density at radius 1 is 0.909 bits per heavy atom. The van der Waals surface area contributed by atoms with E-state index in [4.69, 9.17) is 9.47 Å². The van der Waals surface area contributed by atoms with Gasteiger partial charge in [-0.15, -0.1) is 0 Å². The number of hydrogen-bond acceptors (Lipinski definition) is 6. The molecule has 2 amide bonds. The summed E-state index contributed by atoms with van der Waals surface area (Å²) in [5, 5.41) is 0. The van der Waals surface area contributed by atoms with Gasteiger partial charge in [-0.1, -0.05) is 18.2 Å². The number of rotatable bonds is 6. The molecule has 0 saturated carbocycles. The van der Waals surface area contributed by atoms with Crippen LogP contribution in [0.4, 0.5) is 0 Å². The smallest absolute Gasteiger partial charge is 0.309 e. The van der Waals surface area contributed by atoms with E-state index < -0.39 is 6.10 Å². The summed E-state index contributed by atoms with van der Waals surface area (Å²) >= 11 is 0. The monoisotopic (exact) mass is 458 g/mol. The lowest BCUT2D eigenvalue weighted by molar-refractivity contribution is -0.164. The SMILES string of the molecule is CCOC(=O)C1CCN(C(=O)[C@H](C)OC(=O)C2CCN(C(=O)c3ccccc3C)CC2)CC1. The Labute approximate surface area is 195 Å². The Morgan fingerprint density at radius 2 is 1.45 bits per heavy atom. The number of ether oxygens (including phenoxy) is 2. The summed E-state index contributed by atoms with van der Waals surface area (Å²) in [6.45, 7) is 7.49. The van der Waals surface area contributed by atoms with Gasteiger partial charge in [-0.05, 0) is 58.1 Å². The van der Waals surface area contributed by atoms with E-state index in [2.05, 4.69) is 0 Å². The second-order valence-corrected chi connectivity index (χ2v) is 8.81. The van der Waals surface area contributed by atoms with Crippen LogP contribution >= 0.6 is 0 Å². The highest BCUT2D eigenvalue weighted by molar-refractivity contribution is 5.95. The highest BCUT2D eigenvalue weighted by Crippen LogP contribution is 2.23. The Kier molecular flexibility index (Phi) is 8.47. The number of hydrogen-bond donors (Lipinski definition) is 0. The molecule has 8 heteroatoms. The summed E-state index contributed by atoms with van der Waals surface area (Å²) in [4.78, 5) is 53.4. The lowest BCUT2D eigenvalue weighted by Gasteiger charge is -2.34. The molecule has 3 rings (SSSR count). The topological polar surface area (TPSA) is 93.2 Å². The van der Waals surface area contributed by atoms with Crippen molar-refractivity contribution in [3.63, 3.8) is 0 Å². The molecular weight excluding hydrogens is 424 g/mol. The van der Waals surface area contributed by atoms with E-state index >= 15 is 0 Å². The van der Waals surface area contributed by atoms with Crippen LogP contribution in [0.15, 0.2) is 24.3 Å². The van der Waals surface area contributed by atoms with Crippen molar-refractivity contribution in [2.75, 3.05) is 32.8 Å². The summed E-state index contributed by atoms with van der Waals surface area (Å²) in [5.74, 6) is -1.36. The number of carbonyl (C=O) groups is 4. The van der Waals surface area contributed by atoms with Gasteiger partial charge in [0.25, 0.3) is 11.8 Å². The molecule has 0 N–H and O–H groups in total. The van der Waals surface area contributed by atoms with Gasteiger partial charge in [-0.25, -0.2) is 0 Å². The van der Waals surface area contributed by atoms with Gasteiger partial charge in [-0.2, -0.15) is 0 Å². The van der Waals surface area contributed by atoms with Crippen molar-refractivity contribution in [3.8, 4) is 0 Å². The third kappa shape index (κ3) is 6.12. The lowest BCUT2D eigenvalue weighted by atomic mass is 9.95. The first kappa shape index (κ1) is 24.7. The largest absolute Gasteiger partial charge is 0.466 e. The zero-order chi connectivity index (χ0) is 24.0. The molecule has 0 unspecified atom stereocenters. The van der Waals surface area contributed by atoms with Crippen molar-refractivity contribution in [2.45, 2.75) is 52.6 Å². The van der Waals surface area contributed by atoms with E-state index in [1.807, 2.05) is 31.2 Å². The number of likely N-dealkylation sites (tertiary alicyclic amines) is 2. The van der Waals surface area contributed by atoms with Gasteiger partial charge in [0.05, 0.1) is 18.4 Å². The molecule has 2 heterocycles. The zero-order valence-electron chi connectivity index (χ0n) is 19.7. The van der Waals surface area contributed by atoms with Crippen LogP contribution in [0.3, 0.4) is 0 Å². The number of benzene rings is 1. The van der Waals surface area contributed by atoms with Gasteiger partial charge >= 0.3 is 11.9 Å². The number of nitrogens with zero attached hydrogens (tertiary/aromatic N) is 2. The summed E-state index contributed by atoms with van der Waals surface area (Å²) in [7, 11) is 0. The first-order chi connectivity index (χ1) is 15.8. The highest BCUT2D eigenvalue weighted by Gasteiger charge is 2.34. The van der Waals surface area contributed by atoms with E-state index in [1.165, 1.54) is 0 Å². The van der Waals surface area contributed by atoms with Crippen molar-refractivity contribution < 1.29 is 28.7 Å². The van der Waals surface area contributed by atoms with Crippen LogP contribution in [0.25, 0.3) is 0 Å². The molecule has 180 valence electrons. The van der Waals surface area contributed by atoms with Gasteiger partial charge in [-0.3, -0.25) is 19.2 Å². The zero-order valence-corrected chi connectivity index (χ0v) is 19.7. The van der Waals surface area contributed by atoms with Crippen molar-refractivity contribution in [1.82, 2.24) is 9.80 Å². The van der Waals surface area contributed by atoms with E-state index in [1.54, 1.807) is 23.6 Å². The Bertz CT molecular complexity index is 869. The lowest BCUT2D eigenvalue weighted by Crippen LogP contribution is -2.46. The van der Waals surface area contributed by atoms with Crippen LogP contribution in [0, 0.1) is 18.8 Å². The van der Waals surface area contributed by atoms with Crippen LogP contribution < -0.4 is 0 Å². The average Bonchev–Trinajstić information content (AvgIpc) is 2.83. The first-order valence-electron chi connectivity index (χ1n) is 11.8. The molecule has 1 aromatic carbocycles. The van der Waals surface area contributed by atoms with Crippen LogP contribution in [0.1, 0.15) is 55.5 Å². The molecule has 0 spiro atoms. The average molecular weight is 459 g/mol. The van der Waals surface area contributed by atoms with E-state index in [-0.39, 0.29) is 35.6 Å². The molecule has 0 aromatic heterocycles. The number of piperidine rings is 2. The predicted molar refractivity (Wildman–Crippen MR) is 121 cm³/mol. The summed E-state index contributed by atoms with van der Waals surface area (Å²) in [6, 6.07) is 7.48. The molecular formula is C25H34N2O6. The quantitative estimate of drug-likeness (QED) is 0.609. The highest BCUT2D eigenvalue weighted by atomic mass is 16.5. The molecule has 0 aliphatic carbocycles. The molecule has 2 saturated heterocycles. The number of esters is 2. The van der Waals surface area contributed by atoms with Crippen molar-refractivity contribution >= 4 is 23.8 Å². The number of carbonyl (C=O) groups excluding carboxylic acids is 4.